The highest BCUT2D eigenvalue weighted by Gasteiger charge is 2.29. The highest BCUT2D eigenvalue weighted by Crippen LogP contribution is 2.18. The molecule has 0 saturated carbocycles. The Morgan fingerprint density at radius 1 is 1.60 bits per heavy atom. The molecule has 1 saturated heterocycles. The van der Waals surface area contributed by atoms with Gasteiger partial charge in [-0.15, -0.1) is 0 Å². The van der Waals surface area contributed by atoms with Gasteiger partial charge in [0.25, 0.3) is 0 Å². The fraction of sp³-hybridized carbons (Fsp3) is 0.875. The predicted octanol–water partition coefficient (Wildman–Crippen LogP) is 0.916. The molecule has 1 heterocycles. The van der Waals surface area contributed by atoms with E-state index in [1.807, 2.05) is 7.05 Å². The first-order valence-electron chi connectivity index (χ1n) is 3.83. The maximum atomic E-state index is 10.9. The lowest BCUT2D eigenvalue weighted by atomic mass is 10.0. The number of carbonyl (C=O) groups is 1. The van der Waals surface area contributed by atoms with Gasteiger partial charge in [-0.1, -0.05) is 13.8 Å². The van der Waals surface area contributed by atoms with Crippen LogP contribution in [0.1, 0.15) is 20.3 Å². The molecule has 0 aromatic carbocycles. The second-order valence-electron chi connectivity index (χ2n) is 3.47. The van der Waals surface area contributed by atoms with Gasteiger partial charge in [0, 0.05) is 12.5 Å². The molecule has 2 heteroatoms. The van der Waals surface area contributed by atoms with Crippen LogP contribution in [0.25, 0.3) is 0 Å². The molecule has 1 unspecified atom stereocenters. The van der Waals surface area contributed by atoms with Gasteiger partial charge in [-0.3, -0.25) is 9.69 Å². The number of hydrogen-bond donors (Lipinski definition) is 0. The topological polar surface area (TPSA) is 20.3 Å². The molecule has 0 amide bonds. The van der Waals surface area contributed by atoms with Crippen molar-refractivity contribution in [2.24, 2.45) is 5.92 Å². The molecule has 0 aliphatic carbocycles. The summed E-state index contributed by atoms with van der Waals surface area (Å²) in [5.41, 5.74) is 0. The molecule has 0 aromatic heterocycles. The van der Waals surface area contributed by atoms with E-state index in [1.165, 1.54) is 0 Å². The highest BCUT2D eigenvalue weighted by molar-refractivity contribution is 5.83. The number of ketones is 1. The van der Waals surface area contributed by atoms with E-state index in [2.05, 4.69) is 18.7 Å². The van der Waals surface area contributed by atoms with E-state index in [1.54, 1.807) is 0 Å². The van der Waals surface area contributed by atoms with Crippen LogP contribution < -0.4 is 0 Å². The Labute approximate surface area is 62.2 Å². The summed E-state index contributed by atoms with van der Waals surface area (Å²) in [4.78, 5) is 13.1. The number of rotatable bonds is 1. The highest BCUT2D eigenvalue weighted by atomic mass is 16.1. The van der Waals surface area contributed by atoms with Crippen molar-refractivity contribution in [3.8, 4) is 0 Å². The van der Waals surface area contributed by atoms with Crippen molar-refractivity contribution < 1.29 is 4.79 Å². The lowest BCUT2D eigenvalue weighted by Crippen LogP contribution is -2.29. The zero-order chi connectivity index (χ0) is 7.72. The number of likely N-dealkylation sites (N-methyl/N-ethyl adjacent to an activating group) is 1. The van der Waals surface area contributed by atoms with Crippen LogP contribution in [-0.4, -0.2) is 30.3 Å². The molecule has 58 valence electrons. The van der Waals surface area contributed by atoms with Gasteiger partial charge in [-0.05, 0) is 13.0 Å². The van der Waals surface area contributed by atoms with Crippen molar-refractivity contribution in [2.45, 2.75) is 26.3 Å². The molecule has 1 rings (SSSR count). The maximum absolute atomic E-state index is 10.9. The third-order valence-electron chi connectivity index (χ3n) is 2.20. The zero-order valence-electron chi connectivity index (χ0n) is 6.92. The summed E-state index contributed by atoms with van der Waals surface area (Å²) in [5, 5.41) is 0. The van der Waals surface area contributed by atoms with E-state index in [-0.39, 0.29) is 0 Å². The van der Waals surface area contributed by atoms with Gasteiger partial charge in [0.05, 0.1) is 6.54 Å². The summed E-state index contributed by atoms with van der Waals surface area (Å²) in [5.74, 6) is 0.998. The number of Topliss-reactive ketones (excluding diaryl/α,β-unsaturated/α-hetero) is 1. The van der Waals surface area contributed by atoms with Gasteiger partial charge in [0.15, 0.2) is 0 Å². The monoisotopic (exact) mass is 141 g/mol. The second-order valence-corrected chi connectivity index (χ2v) is 3.47. The Hall–Kier alpha value is -0.370. The van der Waals surface area contributed by atoms with Crippen LogP contribution >= 0.6 is 0 Å². The molecular formula is C8H15NO. The molecule has 10 heavy (non-hydrogen) atoms. The second kappa shape index (κ2) is 2.70. The molecule has 1 aliphatic heterocycles. The Kier molecular flexibility index (Phi) is 2.09. The minimum absolute atomic E-state index is 0.390. The SMILES string of the molecule is CC(C)C1CC(=O)CN1C. The predicted molar refractivity (Wildman–Crippen MR) is 40.9 cm³/mol. The lowest BCUT2D eigenvalue weighted by molar-refractivity contribution is -0.116. The summed E-state index contributed by atoms with van der Waals surface area (Å²) in [6.07, 6.45) is 0.758. The van der Waals surface area contributed by atoms with Gasteiger partial charge in [0.2, 0.25) is 0 Å². The largest absolute Gasteiger partial charge is 0.298 e. The lowest BCUT2D eigenvalue weighted by Gasteiger charge is -2.21. The number of likely N-dealkylation sites (tertiary alicyclic amines) is 1. The van der Waals surface area contributed by atoms with E-state index >= 15 is 0 Å². The van der Waals surface area contributed by atoms with Gasteiger partial charge in [0.1, 0.15) is 5.78 Å². The smallest absolute Gasteiger partial charge is 0.148 e. The summed E-state index contributed by atoms with van der Waals surface area (Å²) in [7, 11) is 2.02. The fourth-order valence-electron chi connectivity index (χ4n) is 1.59. The van der Waals surface area contributed by atoms with Crippen molar-refractivity contribution in [1.29, 1.82) is 0 Å². The van der Waals surface area contributed by atoms with Crippen LogP contribution in [0.4, 0.5) is 0 Å². The Morgan fingerprint density at radius 2 is 2.20 bits per heavy atom. The number of nitrogens with zero attached hydrogens (tertiary/aromatic N) is 1. The maximum Gasteiger partial charge on any atom is 0.148 e. The molecule has 1 fully saturated rings. The standard InChI is InChI=1S/C8H15NO/c1-6(2)8-4-7(10)5-9(8)3/h6,8H,4-5H2,1-3H3. The third kappa shape index (κ3) is 1.37. The average Bonchev–Trinajstić information content (AvgIpc) is 2.10. The molecule has 0 bridgehead atoms. The zero-order valence-corrected chi connectivity index (χ0v) is 6.92. The van der Waals surface area contributed by atoms with Crippen molar-refractivity contribution in [3.63, 3.8) is 0 Å². The Balaban J connectivity index is 2.54. The van der Waals surface area contributed by atoms with E-state index in [0.29, 0.717) is 24.3 Å². The fourth-order valence-corrected chi connectivity index (χ4v) is 1.59. The summed E-state index contributed by atoms with van der Waals surface area (Å²) < 4.78 is 0. The first kappa shape index (κ1) is 7.73. The van der Waals surface area contributed by atoms with E-state index < -0.39 is 0 Å². The molecule has 1 atom stereocenters. The molecular weight excluding hydrogens is 126 g/mol. The summed E-state index contributed by atoms with van der Waals surface area (Å²) in [6.45, 7) is 4.99. The van der Waals surface area contributed by atoms with Gasteiger partial charge in [-0.25, -0.2) is 0 Å². The van der Waals surface area contributed by atoms with Crippen LogP contribution in [0.2, 0.25) is 0 Å². The van der Waals surface area contributed by atoms with E-state index in [9.17, 15) is 4.79 Å². The van der Waals surface area contributed by atoms with Crippen molar-refractivity contribution >= 4 is 5.78 Å². The van der Waals surface area contributed by atoms with Gasteiger partial charge in [-0.2, -0.15) is 0 Å². The quantitative estimate of drug-likeness (QED) is 0.541. The first-order valence-corrected chi connectivity index (χ1v) is 3.83. The van der Waals surface area contributed by atoms with Crippen LogP contribution in [-0.2, 0) is 4.79 Å². The van der Waals surface area contributed by atoms with Crippen molar-refractivity contribution in [3.05, 3.63) is 0 Å². The van der Waals surface area contributed by atoms with E-state index in [4.69, 9.17) is 0 Å². The van der Waals surface area contributed by atoms with Crippen LogP contribution in [0.3, 0.4) is 0 Å². The molecule has 1 aliphatic rings. The normalized spacial score (nSPS) is 28.4. The minimum atomic E-state index is 0.390. The Morgan fingerprint density at radius 3 is 2.40 bits per heavy atom. The van der Waals surface area contributed by atoms with Crippen LogP contribution in [0.15, 0.2) is 0 Å². The first-order chi connectivity index (χ1) is 4.61. The van der Waals surface area contributed by atoms with Crippen molar-refractivity contribution in [1.82, 2.24) is 4.90 Å². The third-order valence-corrected chi connectivity index (χ3v) is 2.20. The van der Waals surface area contributed by atoms with Gasteiger partial charge >= 0.3 is 0 Å². The summed E-state index contributed by atoms with van der Waals surface area (Å²) >= 11 is 0. The molecule has 0 aromatic rings. The Bertz CT molecular complexity index is 142. The molecule has 0 spiro atoms. The van der Waals surface area contributed by atoms with Crippen LogP contribution in [0.5, 0.6) is 0 Å². The molecule has 2 nitrogen and oxygen atoms in total. The number of carbonyl (C=O) groups excluding carboxylic acids is 1. The average molecular weight is 141 g/mol. The summed E-state index contributed by atoms with van der Waals surface area (Å²) in [6, 6.07) is 0.493. The number of hydrogen-bond acceptors (Lipinski definition) is 2. The van der Waals surface area contributed by atoms with Crippen LogP contribution in [0, 0.1) is 5.92 Å². The molecule has 0 N–H and O–H groups in total. The van der Waals surface area contributed by atoms with Gasteiger partial charge < -0.3 is 0 Å². The van der Waals surface area contributed by atoms with E-state index in [0.717, 1.165) is 6.42 Å². The molecule has 0 radical (unpaired) electrons. The van der Waals surface area contributed by atoms with Crippen molar-refractivity contribution in [2.75, 3.05) is 13.6 Å². The minimum Gasteiger partial charge on any atom is -0.298 e.